The number of hydrogen-bond donors (Lipinski definition) is 3. The molecule has 0 fully saturated rings. The number of para-hydroxylation sites is 2. The van der Waals surface area contributed by atoms with Crippen LogP contribution in [0.3, 0.4) is 0 Å². The second kappa shape index (κ2) is 10.3. The number of nitrogens with one attached hydrogen (secondary N) is 2. The Hall–Kier alpha value is -3.68. The van der Waals surface area contributed by atoms with E-state index >= 15 is 0 Å². The molecule has 35 heavy (non-hydrogen) atoms. The summed E-state index contributed by atoms with van der Waals surface area (Å²) in [6.07, 6.45) is -0.249. The Labute approximate surface area is 204 Å². The Kier molecular flexibility index (Phi) is 7.63. The molecule has 9 nitrogen and oxygen atoms in total. The molecule has 2 aromatic carbocycles. The number of hydrogen-bond acceptors (Lipinski definition) is 7. The largest absolute Gasteiger partial charge is 0.507 e. The molecule has 0 aliphatic heterocycles. The van der Waals surface area contributed by atoms with Crippen LogP contribution in [0.15, 0.2) is 34.9 Å². The number of fused-ring (bicyclic) bond motifs is 1. The first kappa shape index (κ1) is 25.9. The van der Waals surface area contributed by atoms with Crippen molar-refractivity contribution in [2.75, 3.05) is 13.2 Å². The van der Waals surface area contributed by atoms with Crippen molar-refractivity contribution < 1.29 is 23.1 Å². The fraction of sp³-hybridized carbons (Fsp3) is 0.320. The van der Waals surface area contributed by atoms with E-state index in [2.05, 4.69) is 14.7 Å². The zero-order valence-electron chi connectivity index (χ0n) is 20.3. The summed E-state index contributed by atoms with van der Waals surface area (Å²) in [7, 11) is -3.85. The number of esters is 1. The third-order valence-electron chi connectivity index (χ3n) is 6.22. The van der Waals surface area contributed by atoms with Crippen molar-refractivity contribution in [3.8, 4) is 6.07 Å². The number of rotatable bonds is 8. The number of benzene rings is 2. The lowest BCUT2D eigenvalue weighted by atomic mass is 9.95. The predicted octanol–water partition coefficient (Wildman–Crippen LogP) is 3.81. The monoisotopic (exact) mass is 496 g/mol. The van der Waals surface area contributed by atoms with E-state index < -0.39 is 28.4 Å². The molecule has 0 amide bonds. The highest BCUT2D eigenvalue weighted by Gasteiger charge is 2.23. The van der Waals surface area contributed by atoms with Crippen molar-refractivity contribution >= 4 is 32.6 Å². The minimum Gasteiger partial charge on any atom is -0.507 e. The molecule has 0 atom stereocenters. The van der Waals surface area contributed by atoms with Gasteiger partial charge in [-0.05, 0) is 74.6 Å². The Bertz CT molecular complexity index is 1420. The van der Waals surface area contributed by atoms with Crippen LogP contribution in [0, 0.1) is 45.9 Å². The fourth-order valence-electron chi connectivity index (χ4n) is 3.85. The van der Waals surface area contributed by atoms with Gasteiger partial charge in [0.25, 0.3) is 0 Å². The smallest absolute Gasteiger partial charge is 0.307 e. The predicted molar refractivity (Wildman–Crippen MR) is 132 cm³/mol. The average molecular weight is 497 g/mol. The molecule has 0 aliphatic rings. The lowest BCUT2D eigenvalue weighted by molar-refractivity contribution is -0.143. The van der Waals surface area contributed by atoms with Crippen molar-refractivity contribution in [2.24, 2.45) is 0 Å². The van der Waals surface area contributed by atoms with Gasteiger partial charge in [-0.1, -0.05) is 12.1 Å². The van der Waals surface area contributed by atoms with E-state index in [1.165, 1.54) is 0 Å². The summed E-state index contributed by atoms with van der Waals surface area (Å²) in [6.45, 7) is 8.54. The number of allylic oxidation sites excluding steroid dienone is 1. The van der Waals surface area contributed by atoms with Gasteiger partial charge in [-0.15, -0.1) is 0 Å². The number of H-pyrrole nitrogens is 1. The number of ether oxygens (including phenoxy) is 1. The van der Waals surface area contributed by atoms with Gasteiger partial charge in [-0.2, -0.15) is 5.26 Å². The molecule has 0 spiro atoms. The van der Waals surface area contributed by atoms with Crippen LogP contribution in [-0.4, -0.2) is 42.6 Å². The fourth-order valence-corrected chi connectivity index (χ4v) is 5.47. The average Bonchev–Trinajstić information content (AvgIpc) is 3.24. The van der Waals surface area contributed by atoms with Crippen molar-refractivity contribution in [3.63, 3.8) is 0 Å². The number of aromatic nitrogens is 2. The van der Waals surface area contributed by atoms with E-state index in [1.54, 1.807) is 38.1 Å². The van der Waals surface area contributed by atoms with Crippen LogP contribution in [0.1, 0.15) is 40.1 Å². The van der Waals surface area contributed by atoms with Crippen LogP contribution in [0.25, 0.3) is 16.6 Å². The Morgan fingerprint density at radius 3 is 2.29 bits per heavy atom. The highest BCUT2D eigenvalue weighted by atomic mass is 32.2. The Balaban J connectivity index is 1.63. The van der Waals surface area contributed by atoms with Crippen molar-refractivity contribution in [1.82, 2.24) is 14.7 Å². The molecule has 0 bridgehead atoms. The number of aromatic amines is 1. The minimum atomic E-state index is -3.85. The SMILES string of the molecule is Cc1c(C)c(C)c(S(=O)(=O)NCCC(=O)OC/C(O)=C(\C#N)c2nc3ccccc3[nH]2)c(C)c1C. The van der Waals surface area contributed by atoms with Gasteiger partial charge in [0.05, 0.1) is 22.3 Å². The van der Waals surface area contributed by atoms with Crippen molar-refractivity contribution in [3.05, 3.63) is 63.7 Å². The van der Waals surface area contributed by atoms with Gasteiger partial charge in [-0.25, -0.2) is 18.1 Å². The lowest BCUT2D eigenvalue weighted by Gasteiger charge is -2.19. The van der Waals surface area contributed by atoms with Crippen LogP contribution >= 0.6 is 0 Å². The quantitative estimate of drug-likeness (QED) is 0.244. The molecular weight excluding hydrogens is 468 g/mol. The number of carbonyl (C=O) groups excluding carboxylic acids is 1. The maximum Gasteiger partial charge on any atom is 0.307 e. The van der Waals surface area contributed by atoms with Gasteiger partial charge < -0.3 is 14.8 Å². The van der Waals surface area contributed by atoms with Crippen molar-refractivity contribution in [1.29, 1.82) is 5.26 Å². The zero-order valence-corrected chi connectivity index (χ0v) is 21.1. The summed E-state index contributed by atoms with van der Waals surface area (Å²) in [6, 6.07) is 8.99. The molecule has 184 valence electrons. The van der Waals surface area contributed by atoms with E-state index in [0.29, 0.717) is 22.2 Å². The Morgan fingerprint density at radius 2 is 1.69 bits per heavy atom. The first-order valence-electron chi connectivity index (χ1n) is 11.0. The van der Waals surface area contributed by atoms with Gasteiger partial charge in [0.2, 0.25) is 10.0 Å². The number of carbonyl (C=O) groups is 1. The van der Waals surface area contributed by atoms with Crippen LogP contribution in [-0.2, 0) is 19.6 Å². The van der Waals surface area contributed by atoms with E-state index in [-0.39, 0.29) is 29.3 Å². The van der Waals surface area contributed by atoms with Crippen LogP contribution in [0.2, 0.25) is 0 Å². The van der Waals surface area contributed by atoms with Gasteiger partial charge in [0, 0.05) is 6.54 Å². The molecule has 3 N–H and O–H groups in total. The third kappa shape index (κ3) is 5.37. The van der Waals surface area contributed by atoms with Gasteiger partial charge >= 0.3 is 5.97 Å². The topological polar surface area (TPSA) is 145 Å². The van der Waals surface area contributed by atoms with Crippen LogP contribution in [0.4, 0.5) is 0 Å². The number of nitriles is 1. The summed E-state index contributed by atoms with van der Waals surface area (Å²) < 4.78 is 33.4. The number of aliphatic hydroxyl groups is 1. The first-order chi connectivity index (χ1) is 16.5. The van der Waals surface area contributed by atoms with Gasteiger partial charge in [-0.3, -0.25) is 4.79 Å². The summed E-state index contributed by atoms with van der Waals surface area (Å²) in [4.78, 5) is 19.6. The highest BCUT2D eigenvalue weighted by molar-refractivity contribution is 7.89. The van der Waals surface area contributed by atoms with E-state index in [9.17, 15) is 23.6 Å². The van der Waals surface area contributed by atoms with E-state index in [0.717, 1.165) is 16.7 Å². The van der Waals surface area contributed by atoms with E-state index in [1.807, 2.05) is 26.8 Å². The molecule has 0 saturated heterocycles. The van der Waals surface area contributed by atoms with Gasteiger partial charge in [0.15, 0.2) is 11.6 Å². The Morgan fingerprint density at radius 1 is 1.09 bits per heavy atom. The maximum atomic E-state index is 12.9. The van der Waals surface area contributed by atoms with Crippen molar-refractivity contribution in [2.45, 2.75) is 45.9 Å². The zero-order chi connectivity index (χ0) is 25.9. The molecule has 3 rings (SSSR count). The molecule has 10 heteroatoms. The number of imidazole rings is 1. The molecule has 0 saturated carbocycles. The lowest BCUT2D eigenvalue weighted by Crippen LogP contribution is -2.28. The maximum absolute atomic E-state index is 12.9. The van der Waals surface area contributed by atoms with Crippen LogP contribution < -0.4 is 4.72 Å². The van der Waals surface area contributed by atoms with E-state index in [4.69, 9.17) is 4.74 Å². The van der Waals surface area contributed by atoms with Crippen LogP contribution in [0.5, 0.6) is 0 Å². The molecule has 1 heterocycles. The highest BCUT2D eigenvalue weighted by Crippen LogP contribution is 2.29. The second-order valence-corrected chi connectivity index (χ2v) is 10.0. The standard InChI is InChI=1S/C25H28N4O5S/c1-14-15(2)17(4)24(18(5)16(14)3)35(32,33)27-11-10-23(31)34-13-22(30)19(12-26)25-28-20-8-6-7-9-21(20)29-25/h6-9,27,30H,10-11,13H2,1-5H3,(H,28,29)/b22-19-. The first-order valence-corrected chi connectivity index (χ1v) is 12.5. The molecule has 0 aliphatic carbocycles. The minimum absolute atomic E-state index is 0.147. The summed E-state index contributed by atoms with van der Waals surface area (Å²) >= 11 is 0. The third-order valence-corrected chi connectivity index (χ3v) is 7.95. The number of sulfonamides is 1. The number of nitrogens with zero attached hydrogens (tertiary/aromatic N) is 2. The number of aliphatic hydroxyl groups excluding tert-OH is 1. The molecule has 3 aromatic rings. The summed E-state index contributed by atoms with van der Waals surface area (Å²) in [5.74, 6) is -1.03. The molecule has 0 unspecified atom stereocenters. The molecular formula is C25H28N4O5S. The summed E-state index contributed by atoms with van der Waals surface area (Å²) in [5, 5.41) is 19.7. The molecule has 1 aromatic heterocycles. The second-order valence-electron chi connectivity index (χ2n) is 8.30. The normalized spacial score (nSPS) is 12.3. The van der Waals surface area contributed by atoms with Gasteiger partial charge in [0.1, 0.15) is 18.2 Å². The summed E-state index contributed by atoms with van der Waals surface area (Å²) in [5.41, 5.74) is 5.38. The molecule has 0 radical (unpaired) electrons.